The van der Waals surface area contributed by atoms with Crippen molar-refractivity contribution in [1.82, 2.24) is 0 Å². The molecule has 0 aliphatic rings. The van der Waals surface area contributed by atoms with Gasteiger partial charge in [-0.25, -0.2) is 4.79 Å². The van der Waals surface area contributed by atoms with Crippen LogP contribution in [0, 0.1) is 0 Å². The Labute approximate surface area is 93.6 Å². The molecule has 0 heterocycles. The van der Waals surface area contributed by atoms with Crippen LogP contribution in [0.5, 0.6) is 0 Å². The van der Waals surface area contributed by atoms with Gasteiger partial charge in [-0.2, -0.15) is 12.6 Å². The number of hydrogen-bond acceptors (Lipinski definition) is 3. The Balaban J connectivity index is 2.95. The zero-order valence-corrected chi connectivity index (χ0v) is 9.44. The molecule has 0 bridgehead atoms. The summed E-state index contributed by atoms with van der Waals surface area (Å²) < 4.78 is 4.58. The second-order valence-corrected chi connectivity index (χ2v) is 3.63. The van der Waals surface area contributed by atoms with Crippen molar-refractivity contribution < 1.29 is 9.53 Å². The fourth-order valence-corrected chi connectivity index (χ4v) is 1.66. The van der Waals surface area contributed by atoms with Gasteiger partial charge >= 0.3 is 5.97 Å². The second-order valence-electron chi connectivity index (χ2n) is 2.78. The number of methoxy groups -OCH3 is 1. The summed E-state index contributed by atoms with van der Waals surface area (Å²) in [4.78, 5) is 11.2. The van der Waals surface area contributed by atoms with Gasteiger partial charge in [0, 0.05) is 0 Å². The summed E-state index contributed by atoms with van der Waals surface area (Å²) in [6, 6.07) is 5.30. The van der Waals surface area contributed by atoms with Gasteiger partial charge in [-0.3, -0.25) is 0 Å². The van der Waals surface area contributed by atoms with Crippen molar-refractivity contribution in [3.63, 3.8) is 0 Å². The van der Waals surface area contributed by atoms with Gasteiger partial charge in [0.25, 0.3) is 0 Å². The molecule has 0 fully saturated rings. The molecule has 2 nitrogen and oxygen atoms in total. The first kappa shape index (κ1) is 11.4. The maximum atomic E-state index is 11.2. The molecule has 76 valence electrons. The molecule has 1 rings (SSSR count). The number of hydrogen-bond donors (Lipinski definition) is 1. The molecular formula is C10H11ClO2S. The van der Waals surface area contributed by atoms with Crippen molar-refractivity contribution in [2.24, 2.45) is 0 Å². The SMILES string of the molecule is COC(=O)c1ccc(CCS)cc1Cl. The van der Waals surface area contributed by atoms with E-state index in [9.17, 15) is 4.79 Å². The second kappa shape index (κ2) is 5.27. The molecule has 1 aromatic rings. The molecule has 0 saturated carbocycles. The number of carbonyl (C=O) groups is 1. The van der Waals surface area contributed by atoms with Crippen LogP contribution >= 0.6 is 24.2 Å². The third-order valence-corrected chi connectivity index (χ3v) is 2.38. The highest BCUT2D eigenvalue weighted by molar-refractivity contribution is 7.80. The number of thiol groups is 1. The summed E-state index contributed by atoms with van der Waals surface area (Å²) in [5, 5.41) is 0.427. The molecule has 0 aliphatic carbocycles. The van der Waals surface area contributed by atoms with Crippen molar-refractivity contribution >= 4 is 30.2 Å². The topological polar surface area (TPSA) is 26.3 Å². The first-order valence-electron chi connectivity index (χ1n) is 4.16. The minimum atomic E-state index is -0.410. The van der Waals surface area contributed by atoms with Gasteiger partial charge < -0.3 is 4.74 Å². The van der Waals surface area contributed by atoms with Crippen molar-refractivity contribution in [2.45, 2.75) is 6.42 Å². The van der Waals surface area contributed by atoms with Crippen LogP contribution in [0.15, 0.2) is 18.2 Å². The fraction of sp³-hybridized carbons (Fsp3) is 0.300. The molecule has 0 radical (unpaired) electrons. The van der Waals surface area contributed by atoms with Crippen LogP contribution in [0.3, 0.4) is 0 Å². The van der Waals surface area contributed by atoms with Gasteiger partial charge in [-0.05, 0) is 29.9 Å². The lowest BCUT2D eigenvalue weighted by molar-refractivity contribution is 0.0601. The zero-order chi connectivity index (χ0) is 10.6. The molecule has 0 atom stereocenters. The maximum Gasteiger partial charge on any atom is 0.339 e. The van der Waals surface area contributed by atoms with Crippen LogP contribution in [0.4, 0.5) is 0 Å². The molecule has 0 aliphatic heterocycles. The Morgan fingerprint density at radius 2 is 2.29 bits per heavy atom. The number of aryl methyl sites for hydroxylation is 1. The minimum absolute atomic E-state index is 0.400. The first-order chi connectivity index (χ1) is 6.69. The van der Waals surface area contributed by atoms with E-state index in [1.807, 2.05) is 6.07 Å². The lowest BCUT2D eigenvalue weighted by atomic mass is 10.1. The summed E-state index contributed by atoms with van der Waals surface area (Å²) in [6.07, 6.45) is 0.838. The molecule has 0 unspecified atom stereocenters. The molecule has 0 saturated heterocycles. The lowest BCUT2D eigenvalue weighted by Crippen LogP contribution is -2.02. The van der Waals surface area contributed by atoms with Crippen LogP contribution in [-0.4, -0.2) is 18.8 Å². The van der Waals surface area contributed by atoms with E-state index >= 15 is 0 Å². The third kappa shape index (κ3) is 2.66. The molecule has 0 spiro atoms. The van der Waals surface area contributed by atoms with Gasteiger partial charge in [0.1, 0.15) is 0 Å². The summed E-state index contributed by atoms with van der Waals surface area (Å²) in [7, 11) is 1.33. The summed E-state index contributed by atoms with van der Waals surface area (Å²) in [5.74, 6) is 0.348. The predicted octanol–water partition coefficient (Wildman–Crippen LogP) is 2.60. The highest BCUT2D eigenvalue weighted by atomic mass is 35.5. The average Bonchev–Trinajstić information content (AvgIpc) is 2.17. The Morgan fingerprint density at radius 1 is 1.57 bits per heavy atom. The lowest BCUT2D eigenvalue weighted by Gasteiger charge is -2.04. The van der Waals surface area contributed by atoms with Crippen LogP contribution in [0.2, 0.25) is 5.02 Å². The van der Waals surface area contributed by atoms with E-state index in [-0.39, 0.29) is 0 Å². The van der Waals surface area contributed by atoms with Gasteiger partial charge in [-0.15, -0.1) is 0 Å². The number of carbonyl (C=O) groups excluding carboxylic acids is 1. The molecule has 14 heavy (non-hydrogen) atoms. The maximum absolute atomic E-state index is 11.2. The van der Waals surface area contributed by atoms with Gasteiger partial charge in [0.15, 0.2) is 0 Å². The van der Waals surface area contributed by atoms with E-state index in [4.69, 9.17) is 11.6 Å². The quantitative estimate of drug-likeness (QED) is 0.638. The molecular weight excluding hydrogens is 220 g/mol. The van der Waals surface area contributed by atoms with Crippen molar-refractivity contribution in [3.05, 3.63) is 34.3 Å². The summed E-state index contributed by atoms with van der Waals surface area (Å²) >= 11 is 10.0. The van der Waals surface area contributed by atoms with Crippen LogP contribution < -0.4 is 0 Å². The van der Waals surface area contributed by atoms with Crippen LogP contribution in [0.25, 0.3) is 0 Å². The summed E-state index contributed by atoms with van der Waals surface area (Å²) in [6.45, 7) is 0. The van der Waals surface area contributed by atoms with E-state index < -0.39 is 5.97 Å². The monoisotopic (exact) mass is 230 g/mol. The Bertz CT molecular complexity index is 339. The third-order valence-electron chi connectivity index (χ3n) is 1.84. The molecule has 1 aromatic carbocycles. The molecule has 4 heteroatoms. The fourth-order valence-electron chi connectivity index (χ4n) is 1.12. The number of esters is 1. The molecule has 0 amide bonds. The summed E-state index contributed by atoms with van der Waals surface area (Å²) in [5.41, 5.74) is 1.47. The standard InChI is InChI=1S/C10H11ClO2S/c1-13-10(12)8-3-2-7(4-5-14)6-9(8)11/h2-3,6,14H,4-5H2,1H3. The Morgan fingerprint density at radius 3 is 2.79 bits per heavy atom. The highest BCUT2D eigenvalue weighted by Gasteiger charge is 2.10. The Hall–Kier alpha value is -0.670. The predicted molar refractivity (Wildman–Crippen MR) is 60.3 cm³/mol. The van der Waals surface area contributed by atoms with E-state index in [2.05, 4.69) is 17.4 Å². The van der Waals surface area contributed by atoms with E-state index in [1.54, 1.807) is 12.1 Å². The number of rotatable bonds is 3. The van der Waals surface area contributed by atoms with Crippen LogP contribution in [0.1, 0.15) is 15.9 Å². The Kier molecular flexibility index (Phi) is 4.29. The average molecular weight is 231 g/mol. The van der Waals surface area contributed by atoms with Crippen molar-refractivity contribution in [1.29, 1.82) is 0 Å². The highest BCUT2D eigenvalue weighted by Crippen LogP contribution is 2.19. The minimum Gasteiger partial charge on any atom is -0.465 e. The largest absolute Gasteiger partial charge is 0.465 e. The van der Waals surface area contributed by atoms with Crippen molar-refractivity contribution in [2.75, 3.05) is 12.9 Å². The van der Waals surface area contributed by atoms with Gasteiger partial charge in [0.2, 0.25) is 0 Å². The number of benzene rings is 1. The smallest absolute Gasteiger partial charge is 0.339 e. The zero-order valence-electron chi connectivity index (χ0n) is 7.79. The molecule has 0 N–H and O–H groups in total. The van der Waals surface area contributed by atoms with Gasteiger partial charge in [-0.1, -0.05) is 17.7 Å². The van der Waals surface area contributed by atoms with E-state index in [1.165, 1.54) is 7.11 Å². The van der Waals surface area contributed by atoms with Crippen molar-refractivity contribution in [3.8, 4) is 0 Å². The van der Waals surface area contributed by atoms with Crippen LogP contribution in [-0.2, 0) is 11.2 Å². The molecule has 0 aromatic heterocycles. The van der Waals surface area contributed by atoms with E-state index in [0.717, 1.165) is 17.7 Å². The van der Waals surface area contributed by atoms with Gasteiger partial charge in [0.05, 0.1) is 17.7 Å². The number of ether oxygens (including phenoxy) is 1. The van der Waals surface area contributed by atoms with E-state index in [0.29, 0.717) is 10.6 Å². The number of halogens is 1. The first-order valence-corrected chi connectivity index (χ1v) is 5.17. The normalized spacial score (nSPS) is 9.93.